The molecule has 210 valence electrons. The molecule has 0 aliphatic carbocycles. The second kappa shape index (κ2) is 11.0. The summed E-state index contributed by atoms with van der Waals surface area (Å²) in [4.78, 5) is 28.5. The van der Waals surface area contributed by atoms with Gasteiger partial charge in [-0.25, -0.2) is 8.42 Å². The minimum absolute atomic E-state index is 0.114. The van der Waals surface area contributed by atoms with Gasteiger partial charge >= 0.3 is 0 Å². The molecule has 0 bridgehead atoms. The lowest BCUT2D eigenvalue weighted by molar-refractivity contribution is -0.120. The maximum absolute atomic E-state index is 13.5. The number of anilines is 2. The van der Waals surface area contributed by atoms with Crippen LogP contribution in [0.25, 0.3) is 10.8 Å². The molecule has 0 aromatic heterocycles. The highest BCUT2D eigenvalue weighted by Crippen LogP contribution is 2.33. The van der Waals surface area contributed by atoms with Gasteiger partial charge < -0.3 is 15.0 Å². The maximum atomic E-state index is 13.5. The molecule has 2 amide bonds. The number of nitrogens with zero attached hydrogens (tertiary/aromatic N) is 2. The number of carbonyl (C=O) groups excluding carboxylic acids is 2. The van der Waals surface area contributed by atoms with Crippen molar-refractivity contribution in [2.45, 2.75) is 24.2 Å². The smallest absolute Gasteiger partial charge is 0.258 e. The van der Waals surface area contributed by atoms with E-state index in [1.165, 1.54) is 4.31 Å². The average Bonchev–Trinajstić information content (AvgIpc) is 3.44. The van der Waals surface area contributed by atoms with Crippen LogP contribution in [0.5, 0.6) is 5.75 Å². The fourth-order valence-electron chi connectivity index (χ4n) is 5.65. The number of fused-ring (bicyclic) bond motifs is 2. The third-order valence-corrected chi connectivity index (χ3v) is 9.81. The summed E-state index contributed by atoms with van der Waals surface area (Å²) in [7, 11) is -2.17. The van der Waals surface area contributed by atoms with Crippen LogP contribution in [0.15, 0.2) is 89.8 Å². The van der Waals surface area contributed by atoms with E-state index in [2.05, 4.69) is 5.32 Å². The third-order valence-electron chi connectivity index (χ3n) is 7.94. The van der Waals surface area contributed by atoms with E-state index in [1.54, 1.807) is 48.4 Å². The highest BCUT2D eigenvalue weighted by molar-refractivity contribution is 7.89. The number of hydrogen-bond acceptors (Lipinski definition) is 5. The van der Waals surface area contributed by atoms with E-state index in [0.717, 1.165) is 28.4 Å². The van der Waals surface area contributed by atoms with Crippen molar-refractivity contribution in [3.05, 3.63) is 96.1 Å². The van der Waals surface area contributed by atoms with Gasteiger partial charge in [-0.2, -0.15) is 4.31 Å². The van der Waals surface area contributed by atoms with E-state index < -0.39 is 15.9 Å². The first-order valence-corrected chi connectivity index (χ1v) is 15.2. The van der Waals surface area contributed by atoms with Gasteiger partial charge in [-0.1, -0.05) is 36.4 Å². The zero-order valence-electron chi connectivity index (χ0n) is 22.7. The van der Waals surface area contributed by atoms with Crippen LogP contribution in [0, 0.1) is 5.92 Å². The molecule has 2 heterocycles. The number of piperidine rings is 1. The van der Waals surface area contributed by atoms with Crippen LogP contribution in [-0.4, -0.2) is 51.3 Å². The monoisotopic (exact) mass is 569 g/mol. The summed E-state index contributed by atoms with van der Waals surface area (Å²) in [6.07, 6.45) is 1.93. The molecule has 9 heteroatoms. The van der Waals surface area contributed by atoms with Gasteiger partial charge in [-0.3, -0.25) is 9.59 Å². The minimum atomic E-state index is -3.75. The first-order valence-electron chi connectivity index (χ1n) is 13.7. The topological polar surface area (TPSA) is 96.0 Å². The van der Waals surface area contributed by atoms with Gasteiger partial charge in [0, 0.05) is 36.6 Å². The van der Waals surface area contributed by atoms with Gasteiger partial charge in [0.1, 0.15) is 5.75 Å². The predicted octanol–water partition coefficient (Wildman–Crippen LogP) is 5.09. The van der Waals surface area contributed by atoms with Crippen molar-refractivity contribution >= 4 is 44.0 Å². The van der Waals surface area contributed by atoms with Crippen LogP contribution >= 0.6 is 0 Å². The summed E-state index contributed by atoms with van der Waals surface area (Å²) in [6.45, 7) is 1.05. The summed E-state index contributed by atoms with van der Waals surface area (Å²) in [6, 6.07) is 25.4. The molecule has 1 unspecified atom stereocenters. The first-order chi connectivity index (χ1) is 19.8. The summed E-state index contributed by atoms with van der Waals surface area (Å²) < 4.78 is 33.6. The molecular formula is C32H31N3O5S. The molecule has 0 radical (unpaired) electrons. The van der Waals surface area contributed by atoms with Crippen LogP contribution in [-0.2, 0) is 21.2 Å². The molecular weight excluding hydrogens is 538 g/mol. The Bertz CT molecular complexity index is 1740. The number of hydrogen-bond donors (Lipinski definition) is 1. The Morgan fingerprint density at radius 3 is 2.46 bits per heavy atom. The highest BCUT2D eigenvalue weighted by Gasteiger charge is 2.34. The Balaban J connectivity index is 1.16. The number of methoxy groups -OCH3 is 1. The molecule has 4 aromatic rings. The van der Waals surface area contributed by atoms with Crippen molar-refractivity contribution < 1.29 is 22.7 Å². The van der Waals surface area contributed by atoms with E-state index in [0.29, 0.717) is 42.9 Å². The van der Waals surface area contributed by atoms with Crippen LogP contribution in [0.4, 0.5) is 11.4 Å². The normalized spacial score (nSPS) is 17.3. The molecule has 1 atom stereocenters. The summed E-state index contributed by atoms with van der Waals surface area (Å²) >= 11 is 0. The van der Waals surface area contributed by atoms with E-state index in [4.69, 9.17) is 4.74 Å². The number of ether oxygens (including phenoxy) is 1. The number of rotatable bonds is 6. The molecule has 1 N–H and O–H groups in total. The predicted molar refractivity (Wildman–Crippen MR) is 159 cm³/mol. The lowest BCUT2D eigenvalue weighted by atomic mass is 9.98. The highest BCUT2D eigenvalue weighted by atomic mass is 32.2. The maximum Gasteiger partial charge on any atom is 0.258 e. The summed E-state index contributed by atoms with van der Waals surface area (Å²) in [5.41, 5.74) is 2.95. The second-order valence-corrected chi connectivity index (χ2v) is 12.4. The molecule has 2 aliphatic rings. The largest absolute Gasteiger partial charge is 0.497 e. The van der Waals surface area contributed by atoms with Gasteiger partial charge in [0.05, 0.1) is 17.9 Å². The van der Waals surface area contributed by atoms with Crippen LogP contribution < -0.4 is 15.0 Å². The average molecular weight is 570 g/mol. The Labute approximate surface area is 239 Å². The third kappa shape index (κ3) is 5.30. The van der Waals surface area contributed by atoms with Crippen molar-refractivity contribution in [1.82, 2.24) is 4.31 Å². The van der Waals surface area contributed by atoms with Crippen molar-refractivity contribution in [3.8, 4) is 5.75 Å². The number of benzene rings is 4. The van der Waals surface area contributed by atoms with E-state index in [1.807, 2.05) is 48.5 Å². The molecule has 6 rings (SSSR count). The summed E-state index contributed by atoms with van der Waals surface area (Å²) in [5.74, 6) is -0.143. The molecule has 8 nitrogen and oxygen atoms in total. The molecule has 1 fully saturated rings. The Morgan fingerprint density at radius 2 is 1.68 bits per heavy atom. The zero-order valence-corrected chi connectivity index (χ0v) is 23.6. The zero-order chi connectivity index (χ0) is 28.6. The first kappa shape index (κ1) is 27.0. The van der Waals surface area contributed by atoms with E-state index in [-0.39, 0.29) is 23.3 Å². The fraction of sp³-hybridized carbons (Fsp3) is 0.250. The van der Waals surface area contributed by atoms with Gasteiger partial charge in [-0.05, 0) is 84.1 Å². The van der Waals surface area contributed by atoms with Crippen molar-refractivity contribution in [2.75, 3.05) is 37.0 Å². The molecule has 2 aliphatic heterocycles. The lowest BCUT2D eigenvalue weighted by Crippen LogP contribution is -2.43. The molecule has 41 heavy (non-hydrogen) atoms. The standard InChI is InChI=1S/C32H31N3O5S/c1-40-28-13-9-24(10-14-28)32(37)35-18-16-23-8-12-27(20-30(23)35)33-31(36)26-7-4-17-34(21-26)41(38,39)29-15-11-22-5-2-3-6-25(22)19-29/h2-3,5-6,8-15,19-20,26H,4,7,16-18,21H2,1H3,(H,33,36). The SMILES string of the molecule is COc1ccc(C(=O)N2CCc3ccc(NC(=O)C4CCCN(S(=O)(=O)c5ccc6ccccc6c5)C4)cc32)cc1. The fourth-order valence-corrected chi connectivity index (χ4v) is 7.21. The lowest BCUT2D eigenvalue weighted by Gasteiger charge is -2.31. The van der Waals surface area contributed by atoms with Gasteiger partial charge in [0.15, 0.2) is 0 Å². The number of nitrogens with one attached hydrogen (secondary N) is 1. The molecule has 0 saturated carbocycles. The van der Waals surface area contributed by atoms with Crippen molar-refractivity contribution in [1.29, 1.82) is 0 Å². The van der Waals surface area contributed by atoms with E-state index >= 15 is 0 Å². The van der Waals surface area contributed by atoms with E-state index in [9.17, 15) is 18.0 Å². The van der Waals surface area contributed by atoms with Crippen molar-refractivity contribution in [3.63, 3.8) is 0 Å². The number of amides is 2. The minimum Gasteiger partial charge on any atom is -0.497 e. The van der Waals surface area contributed by atoms with Crippen LogP contribution in [0.1, 0.15) is 28.8 Å². The van der Waals surface area contributed by atoms with Gasteiger partial charge in [-0.15, -0.1) is 0 Å². The second-order valence-electron chi connectivity index (χ2n) is 10.5. The quantitative estimate of drug-likeness (QED) is 0.349. The Morgan fingerprint density at radius 1 is 0.902 bits per heavy atom. The Hall–Kier alpha value is -4.21. The molecule has 0 spiro atoms. The number of carbonyl (C=O) groups is 2. The molecule has 1 saturated heterocycles. The molecule has 4 aromatic carbocycles. The van der Waals surface area contributed by atoms with Gasteiger partial charge in [0.25, 0.3) is 5.91 Å². The summed E-state index contributed by atoms with van der Waals surface area (Å²) in [5, 5.41) is 4.81. The van der Waals surface area contributed by atoms with Crippen LogP contribution in [0.3, 0.4) is 0 Å². The number of sulfonamides is 1. The van der Waals surface area contributed by atoms with Crippen LogP contribution in [0.2, 0.25) is 0 Å². The van der Waals surface area contributed by atoms with Crippen molar-refractivity contribution in [2.24, 2.45) is 5.92 Å². The Kier molecular flexibility index (Phi) is 7.23. The van der Waals surface area contributed by atoms with Gasteiger partial charge in [0.2, 0.25) is 15.9 Å².